The molecule has 0 radical (unpaired) electrons. The number of allylic oxidation sites excluding steroid dienone is 3. The van der Waals surface area contributed by atoms with Crippen molar-refractivity contribution in [3.63, 3.8) is 0 Å². The second-order valence-electron chi connectivity index (χ2n) is 14.7. The molecular formula is C48H49ClO2Si. The molecule has 0 saturated heterocycles. The topological polar surface area (TPSA) is 18.5 Å². The Hall–Kier alpha value is -4.43. The molecule has 0 N–H and O–H groups in total. The number of hydrogen-bond acceptors (Lipinski definition) is 2. The van der Waals surface area contributed by atoms with Gasteiger partial charge in [0.15, 0.2) is 0 Å². The van der Waals surface area contributed by atoms with Gasteiger partial charge in [-0.05, 0) is 51.5 Å². The molecule has 5 aromatic rings. The maximum atomic E-state index is 7.61. The molecule has 2 nitrogen and oxygen atoms in total. The minimum Gasteiger partial charge on any atom is -0.405 e. The predicted molar refractivity (Wildman–Crippen MR) is 221 cm³/mol. The molecule has 1 saturated carbocycles. The number of alkyl halides is 1. The largest absolute Gasteiger partial charge is 0.405 e. The van der Waals surface area contributed by atoms with E-state index in [0.717, 1.165) is 23.1 Å². The lowest BCUT2D eigenvalue weighted by atomic mass is 9.79. The van der Waals surface area contributed by atoms with Gasteiger partial charge in [-0.15, -0.1) is 11.6 Å². The molecule has 0 bridgehead atoms. The van der Waals surface area contributed by atoms with Crippen molar-refractivity contribution in [1.29, 1.82) is 0 Å². The van der Waals surface area contributed by atoms with Crippen LogP contribution in [0.1, 0.15) is 57.2 Å². The third-order valence-corrected chi connectivity index (χ3v) is 15.5. The van der Waals surface area contributed by atoms with Gasteiger partial charge >= 0.3 is 0 Å². The van der Waals surface area contributed by atoms with Gasteiger partial charge in [-0.2, -0.15) is 0 Å². The third-order valence-electron chi connectivity index (χ3n) is 9.83. The van der Waals surface area contributed by atoms with Gasteiger partial charge in [0.1, 0.15) is 5.60 Å². The Morgan fingerprint density at radius 2 is 1.12 bits per heavy atom. The van der Waals surface area contributed by atoms with E-state index < -0.39 is 13.9 Å². The second-order valence-corrected chi connectivity index (χ2v) is 19.5. The number of ether oxygens (including phenoxy) is 1. The highest BCUT2D eigenvalue weighted by Crippen LogP contribution is 2.43. The van der Waals surface area contributed by atoms with Crippen LogP contribution < -0.4 is 10.4 Å². The Labute approximate surface area is 317 Å². The molecule has 1 aliphatic carbocycles. The first-order chi connectivity index (χ1) is 25.2. The van der Waals surface area contributed by atoms with Gasteiger partial charge in [0.25, 0.3) is 8.32 Å². The predicted octanol–water partition coefficient (Wildman–Crippen LogP) is 10.5. The van der Waals surface area contributed by atoms with E-state index >= 15 is 0 Å². The van der Waals surface area contributed by atoms with Crippen LogP contribution in [0.2, 0.25) is 5.04 Å². The van der Waals surface area contributed by atoms with Crippen molar-refractivity contribution in [2.75, 3.05) is 0 Å². The van der Waals surface area contributed by atoms with E-state index in [-0.39, 0.29) is 22.6 Å². The van der Waals surface area contributed by atoms with Crippen LogP contribution in [-0.2, 0) is 14.8 Å². The average molecular weight is 721 g/mol. The van der Waals surface area contributed by atoms with Gasteiger partial charge < -0.3 is 9.16 Å². The van der Waals surface area contributed by atoms with Gasteiger partial charge in [0.2, 0.25) is 0 Å². The zero-order chi connectivity index (χ0) is 36.4. The van der Waals surface area contributed by atoms with Gasteiger partial charge in [-0.3, -0.25) is 0 Å². The lowest BCUT2D eigenvalue weighted by Gasteiger charge is -2.45. The fourth-order valence-corrected chi connectivity index (χ4v) is 12.2. The smallest absolute Gasteiger partial charge is 0.261 e. The van der Waals surface area contributed by atoms with Crippen molar-refractivity contribution in [1.82, 2.24) is 0 Å². The van der Waals surface area contributed by atoms with E-state index in [1.807, 2.05) is 12.2 Å². The quantitative estimate of drug-likeness (QED) is 0.0396. The average Bonchev–Trinajstić information content (AvgIpc) is 3.89. The lowest BCUT2D eigenvalue weighted by molar-refractivity contribution is -0.0401. The zero-order valence-electron chi connectivity index (χ0n) is 30.7. The van der Waals surface area contributed by atoms with E-state index in [1.54, 1.807) is 0 Å². The molecule has 0 heterocycles. The molecule has 0 amide bonds. The molecule has 0 aromatic heterocycles. The summed E-state index contributed by atoms with van der Waals surface area (Å²) in [5, 5.41) is 2.56. The summed E-state index contributed by atoms with van der Waals surface area (Å²) in [6.07, 6.45) is 9.24. The summed E-state index contributed by atoms with van der Waals surface area (Å²) < 4.78 is 15.2. The minimum atomic E-state index is -2.81. The maximum Gasteiger partial charge on any atom is 0.261 e. The fraction of sp³-hybridized carbons (Fsp3) is 0.250. The Bertz CT molecular complexity index is 1820. The Morgan fingerprint density at radius 3 is 1.52 bits per heavy atom. The first-order valence-corrected chi connectivity index (χ1v) is 20.7. The summed E-state index contributed by atoms with van der Waals surface area (Å²) in [7, 11) is -2.81. The molecule has 0 aliphatic heterocycles. The van der Waals surface area contributed by atoms with Crippen molar-refractivity contribution in [3.8, 4) is 11.8 Å². The van der Waals surface area contributed by atoms with Crippen LogP contribution >= 0.6 is 11.6 Å². The van der Waals surface area contributed by atoms with Crippen molar-refractivity contribution in [3.05, 3.63) is 193 Å². The van der Waals surface area contributed by atoms with Crippen LogP contribution in [0.3, 0.4) is 0 Å². The molecule has 5 aromatic carbocycles. The molecule has 1 fully saturated rings. The third kappa shape index (κ3) is 8.44. The summed E-state index contributed by atoms with van der Waals surface area (Å²) in [4.78, 5) is 0. The number of rotatable bonds is 13. The van der Waals surface area contributed by atoms with E-state index in [1.165, 1.54) is 10.4 Å². The fourth-order valence-electron chi connectivity index (χ4n) is 7.24. The van der Waals surface area contributed by atoms with Crippen LogP contribution in [0, 0.1) is 17.8 Å². The molecule has 0 unspecified atom stereocenters. The van der Waals surface area contributed by atoms with Crippen LogP contribution in [0.25, 0.3) is 0 Å². The number of halogens is 1. The summed E-state index contributed by atoms with van der Waals surface area (Å²) in [5.74, 6) is 6.73. The van der Waals surface area contributed by atoms with E-state index in [2.05, 4.69) is 203 Å². The van der Waals surface area contributed by atoms with E-state index in [4.69, 9.17) is 20.8 Å². The van der Waals surface area contributed by atoms with Crippen molar-refractivity contribution >= 4 is 30.3 Å². The molecule has 4 atom stereocenters. The molecule has 264 valence electrons. The number of hydrogen-bond donors (Lipinski definition) is 0. The van der Waals surface area contributed by atoms with Crippen molar-refractivity contribution in [2.45, 2.75) is 68.8 Å². The van der Waals surface area contributed by atoms with Crippen LogP contribution in [0.15, 0.2) is 176 Å². The van der Waals surface area contributed by atoms with Crippen molar-refractivity contribution in [2.24, 2.45) is 5.92 Å². The highest BCUT2D eigenvalue weighted by molar-refractivity contribution is 6.99. The van der Waals surface area contributed by atoms with Crippen LogP contribution in [0.5, 0.6) is 0 Å². The van der Waals surface area contributed by atoms with E-state index in [0.29, 0.717) is 12.3 Å². The molecular weight excluding hydrogens is 672 g/mol. The highest BCUT2D eigenvalue weighted by Gasteiger charge is 2.51. The molecule has 6 rings (SSSR count). The Morgan fingerprint density at radius 1 is 0.692 bits per heavy atom. The van der Waals surface area contributed by atoms with Gasteiger partial charge in [0.05, 0.1) is 6.10 Å². The standard InChI is InChI=1S/C48H49ClO2Si/c1-38(51-52(47(2,3)4,44-32-20-10-21-33-44)45-34-22-11-23-35-45)36-43(31-19-6-5-12-24-39-37-46(39)49)50-48(40-25-13-7-14-26-40,41-27-15-8-16-28-41)42-29-17-9-18-30-42/h5-11,13-23,25-35,38-39,43,46H,36-37H2,1-4H3/b6-5+,31-19+/t38-,39+,43-,46+/m0/s1. The minimum absolute atomic E-state index is 0.150. The zero-order valence-corrected chi connectivity index (χ0v) is 32.4. The van der Waals surface area contributed by atoms with Crippen LogP contribution in [0.4, 0.5) is 0 Å². The van der Waals surface area contributed by atoms with Crippen molar-refractivity contribution < 1.29 is 9.16 Å². The molecule has 4 heteroatoms. The first kappa shape index (κ1) is 37.3. The summed E-state index contributed by atoms with van der Waals surface area (Å²) >= 11 is 6.18. The maximum absolute atomic E-state index is 7.61. The van der Waals surface area contributed by atoms with Gasteiger partial charge in [-0.1, -0.05) is 202 Å². The highest BCUT2D eigenvalue weighted by atomic mass is 35.5. The van der Waals surface area contributed by atoms with Gasteiger partial charge in [-0.25, -0.2) is 0 Å². The molecule has 1 aliphatic rings. The number of benzene rings is 5. The summed E-state index contributed by atoms with van der Waals surface area (Å²) in [5.41, 5.74) is 2.30. The van der Waals surface area contributed by atoms with Crippen LogP contribution in [-0.4, -0.2) is 25.9 Å². The van der Waals surface area contributed by atoms with E-state index in [9.17, 15) is 0 Å². The summed E-state index contributed by atoms with van der Waals surface area (Å²) in [6.45, 7) is 9.18. The van der Waals surface area contributed by atoms with Gasteiger partial charge in [0, 0.05) is 23.8 Å². The second kappa shape index (κ2) is 16.9. The monoisotopic (exact) mass is 720 g/mol. The molecule has 52 heavy (non-hydrogen) atoms. The first-order valence-electron chi connectivity index (χ1n) is 18.4. The normalized spacial score (nSPS) is 17.4. The Balaban J connectivity index is 1.43. The molecule has 0 spiro atoms. The lowest BCUT2D eigenvalue weighted by Crippen LogP contribution is -2.67. The summed E-state index contributed by atoms with van der Waals surface area (Å²) in [6, 6.07) is 53.4. The Kier molecular flexibility index (Phi) is 12.2. The SMILES string of the molecule is C[C@@H](C[C@H](/C=C/C=C/C#C[C@@H]1C[C@H]1Cl)OC(c1ccccc1)(c1ccccc1)c1ccccc1)O[Si](c1ccccc1)(c1ccccc1)C(C)(C)C.